The van der Waals surface area contributed by atoms with Gasteiger partial charge in [0.2, 0.25) is 0 Å². The van der Waals surface area contributed by atoms with E-state index in [1.54, 1.807) is 18.4 Å². The number of carbonyl (C=O) groups is 1. The third-order valence-corrected chi connectivity index (χ3v) is 3.68. The summed E-state index contributed by atoms with van der Waals surface area (Å²) in [5.74, 6) is -0.428. The summed E-state index contributed by atoms with van der Waals surface area (Å²) in [6.45, 7) is 5.77. The largest absolute Gasteiger partial charge is 0.461 e. The maximum Gasteiger partial charge on any atom is 0.358 e. The predicted molar refractivity (Wildman–Crippen MR) is 59.5 cm³/mol. The van der Waals surface area contributed by atoms with Crippen molar-refractivity contribution >= 4 is 17.7 Å². The summed E-state index contributed by atoms with van der Waals surface area (Å²) in [5, 5.41) is 10.7. The van der Waals surface area contributed by atoms with E-state index in [0.717, 1.165) is 0 Å². The van der Waals surface area contributed by atoms with Crippen LogP contribution in [0, 0.1) is 6.92 Å². The fourth-order valence-corrected chi connectivity index (χ4v) is 2.79. The van der Waals surface area contributed by atoms with Crippen molar-refractivity contribution in [3.05, 3.63) is 11.4 Å². The van der Waals surface area contributed by atoms with Crippen molar-refractivity contribution in [1.82, 2.24) is 9.55 Å². The van der Waals surface area contributed by atoms with Crippen LogP contribution in [0.3, 0.4) is 0 Å². The Hall–Kier alpha value is -1.01. The van der Waals surface area contributed by atoms with E-state index >= 15 is 0 Å². The fourth-order valence-electron chi connectivity index (χ4n) is 1.71. The molecule has 1 aliphatic rings. The molecule has 0 saturated carbocycles. The maximum absolute atomic E-state index is 11.6. The Balaban J connectivity index is 2.36. The summed E-state index contributed by atoms with van der Waals surface area (Å²) >= 11 is 1.46. The van der Waals surface area contributed by atoms with E-state index < -0.39 is 12.2 Å². The van der Waals surface area contributed by atoms with E-state index in [4.69, 9.17) is 4.74 Å². The number of aromatic nitrogens is 2. The van der Waals surface area contributed by atoms with Crippen LogP contribution in [0.1, 0.15) is 36.3 Å². The average molecular weight is 242 g/mol. The first kappa shape index (κ1) is 11.5. The summed E-state index contributed by atoms with van der Waals surface area (Å²) in [6.07, 6.45) is -0.615. The Bertz CT molecular complexity index is 430. The quantitative estimate of drug-likeness (QED) is 0.793. The van der Waals surface area contributed by atoms with E-state index in [1.807, 2.05) is 6.92 Å². The van der Waals surface area contributed by atoms with Crippen molar-refractivity contribution in [1.29, 1.82) is 0 Å². The zero-order valence-corrected chi connectivity index (χ0v) is 10.2. The fraction of sp³-hybridized carbons (Fsp3) is 0.600. The number of hydrogen-bond donors (Lipinski definition) is 1. The van der Waals surface area contributed by atoms with Crippen molar-refractivity contribution in [2.24, 2.45) is 0 Å². The molecule has 16 heavy (non-hydrogen) atoms. The lowest BCUT2D eigenvalue weighted by Crippen LogP contribution is -2.15. The van der Waals surface area contributed by atoms with Gasteiger partial charge in [-0.3, -0.25) is 4.57 Å². The molecule has 0 unspecified atom stereocenters. The van der Waals surface area contributed by atoms with Gasteiger partial charge in [-0.1, -0.05) is 11.8 Å². The number of carbonyl (C=O) groups excluding carboxylic acids is 1. The molecule has 0 amide bonds. The van der Waals surface area contributed by atoms with Gasteiger partial charge in [-0.2, -0.15) is 0 Å². The lowest BCUT2D eigenvalue weighted by atomic mass is 10.3. The molecule has 0 bridgehead atoms. The minimum atomic E-state index is -0.615. The lowest BCUT2D eigenvalue weighted by molar-refractivity contribution is 0.0518. The van der Waals surface area contributed by atoms with Gasteiger partial charge in [0.05, 0.1) is 17.6 Å². The maximum atomic E-state index is 11.6. The van der Waals surface area contributed by atoms with Crippen LogP contribution in [0.2, 0.25) is 0 Å². The Morgan fingerprint density at radius 2 is 2.38 bits per heavy atom. The molecule has 0 saturated heterocycles. The number of nitrogens with zero attached hydrogens (tertiary/aromatic N) is 2. The van der Waals surface area contributed by atoms with Crippen LogP contribution >= 0.6 is 11.8 Å². The average Bonchev–Trinajstić information content (AvgIpc) is 2.68. The highest BCUT2D eigenvalue weighted by Crippen LogP contribution is 2.39. The first-order valence-corrected chi connectivity index (χ1v) is 6.05. The number of hydrogen-bond acceptors (Lipinski definition) is 5. The van der Waals surface area contributed by atoms with E-state index in [9.17, 15) is 9.90 Å². The van der Waals surface area contributed by atoms with Crippen LogP contribution < -0.4 is 0 Å². The number of aliphatic hydroxyl groups is 1. The van der Waals surface area contributed by atoms with E-state index in [0.29, 0.717) is 23.2 Å². The molecule has 1 aromatic heterocycles. The summed E-state index contributed by atoms with van der Waals surface area (Å²) in [4.78, 5) is 15.8. The molecule has 0 radical (unpaired) electrons. The molecule has 1 N–H and O–H groups in total. The topological polar surface area (TPSA) is 64.3 Å². The van der Waals surface area contributed by atoms with Gasteiger partial charge in [-0.05, 0) is 20.8 Å². The molecule has 2 rings (SSSR count). The Kier molecular flexibility index (Phi) is 2.94. The third kappa shape index (κ3) is 1.62. The van der Waals surface area contributed by atoms with Gasteiger partial charge >= 0.3 is 5.97 Å². The summed E-state index contributed by atoms with van der Waals surface area (Å²) < 4.78 is 6.58. The van der Waals surface area contributed by atoms with Gasteiger partial charge in [0, 0.05) is 0 Å². The minimum Gasteiger partial charge on any atom is -0.461 e. The number of thioether (sulfide) groups is 1. The van der Waals surface area contributed by atoms with Crippen LogP contribution in [-0.4, -0.2) is 32.5 Å². The van der Waals surface area contributed by atoms with Gasteiger partial charge in [0.15, 0.2) is 10.9 Å². The summed E-state index contributed by atoms with van der Waals surface area (Å²) in [7, 11) is 0. The van der Waals surface area contributed by atoms with Gasteiger partial charge in [0.1, 0.15) is 6.23 Å². The molecular formula is C10H14N2O3S. The number of esters is 1. The molecule has 0 fully saturated rings. The predicted octanol–water partition coefficient (Wildman–Crippen LogP) is 1.35. The molecule has 2 heterocycles. The second kappa shape index (κ2) is 4.10. The third-order valence-electron chi connectivity index (χ3n) is 2.56. The normalized spacial score (nSPS) is 23.2. The highest BCUT2D eigenvalue weighted by atomic mass is 32.2. The second-order valence-corrected chi connectivity index (χ2v) is 5.00. The van der Waals surface area contributed by atoms with Crippen molar-refractivity contribution < 1.29 is 14.6 Å². The van der Waals surface area contributed by atoms with Crippen molar-refractivity contribution in [2.45, 2.75) is 37.4 Å². The molecule has 1 aliphatic heterocycles. The number of fused-ring (bicyclic) bond motifs is 1. The van der Waals surface area contributed by atoms with Crippen molar-refractivity contribution in [3.63, 3.8) is 0 Å². The van der Waals surface area contributed by atoms with Gasteiger partial charge < -0.3 is 9.84 Å². The van der Waals surface area contributed by atoms with Gasteiger partial charge in [-0.15, -0.1) is 0 Å². The first-order chi connectivity index (χ1) is 7.56. The van der Waals surface area contributed by atoms with Gasteiger partial charge in [0.25, 0.3) is 0 Å². The van der Waals surface area contributed by atoms with E-state index in [2.05, 4.69) is 4.98 Å². The number of aliphatic hydroxyl groups excluding tert-OH is 1. The van der Waals surface area contributed by atoms with Gasteiger partial charge in [-0.25, -0.2) is 9.78 Å². The Morgan fingerprint density at radius 3 is 2.94 bits per heavy atom. The summed E-state index contributed by atoms with van der Waals surface area (Å²) in [5.41, 5.74) is 0.966. The molecule has 1 aromatic rings. The zero-order chi connectivity index (χ0) is 11.9. The number of ether oxygens (including phenoxy) is 1. The first-order valence-electron chi connectivity index (χ1n) is 5.17. The monoisotopic (exact) mass is 242 g/mol. The summed E-state index contributed by atoms with van der Waals surface area (Å²) in [6, 6.07) is 0. The van der Waals surface area contributed by atoms with E-state index in [1.165, 1.54) is 11.8 Å². The number of rotatable bonds is 2. The molecule has 0 spiro atoms. The Labute approximate surface area is 97.8 Å². The van der Waals surface area contributed by atoms with Crippen LogP contribution in [0.5, 0.6) is 0 Å². The van der Waals surface area contributed by atoms with Crippen LogP contribution in [0.4, 0.5) is 0 Å². The minimum absolute atomic E-state index is 0.0671. The molecule has 0 aliphatic carbocycles. The van der Waals surface area contributed by atoms with Crippen LogP contribution in [0.25, 0.3) is 0 Å². The number of imidazole rings is 1. The van der Waals surface area contributed by atoms with Crippen molar-refractivity contribution in [3.8, 4) is 0 Å². The lowest BCUT2D eigenvalue weighted by Gasteiger charge is -2.11. The standard InChI is InChI=1S/C10H14N2O3S/c1-4-15-9(14)7-5(2)12-8(13)6(3)16-10(12)11-7/h6,8,13H,4H2,1-3H3/t6-,8-/m0/s1. The Morgan fingerprint density at radius 1 is 1.69 bits per heavy atom. The van der Waals surface area contributed by atoms with E-state index in [-0.39, 0.29) is 5.25 Å². The molecule has 2 atom stereocenters. The van der Waals surface area contributed by atoms with Crippen LogP contribution in [0.15, 0.2) is 5.16 Å². The second-order valence-electron chi connectivity index (χ2n) is 3.66. The molecular weight excluding hydrogens is 228 g/mol. The highest BCUT2D eigenvalue weighted by Gasteiger charge is 2.34. The van der Waals surface area contributed by atoms with Crippen molar-refractivity contribution in [2.75, 3.05) is 6.61 Å². The van der Waals surface area contributed by atoms with Crippen LogP contribution in [-0.2, 0) is 4.74 Å². The molecule has 0 aromatic carbocycles. The smallest absolute Gasteiger partial charge is 0.358 e. The molecule has 5 nitrogen and oxygen atoms in total. The molecule has 88 valence electrons. The SMILES string of the molecule is CCOC(=O)c1nc2n(c1C)[C@@H](O)[C@H](C)S2. The highest BCUT2D eigenvalue weighted by molar-refractivity contribution is 8.00. The molecule has 6 heteroatoms. The zero-order valence-electron chi connectivity index (χ0n) is 9.43.